The summed E-state index contributed by atoms with van der Waals surface area (Å²) in [5.41, 5.74) is 2.69. The van der Waals surface area contributed by atoms with Crippen LogP contribution in [-0.4, -0.2) is 53.5 Å². The number of amides is 1. The van der Waals surface area contributed by atoms with Crippen LogP contribution in [0.15, 0.2) is 24.3 Å². The van der Waals surface area contributed by atoms with Gasteiger partial charge in [0, 0.05) is 50.3 Å². The van der Waals surface area contributed by atoms with E-state index in [0.29, 0.717) is 18.7 Å². The van der Waals surface area contributed by atoms with E-state index in [4.69, 9.17) is 9.97 Å². The Kier molecular flexibility index (Phi) is 5.98. The lowest BCUT2D eigenvalue weighted by atomic mass is 9.99. The van der Waals surface area contributed by atoms with Gasteiger partial charge in [-0.2, -0.15) is 4.98 Å². The monoisotopic (exact) mass is 437 g/mol. The van der Waals surface area contributed by atoms with Gasteiger partial charge in [0.05, 0.1) is 12.2 Å². The number of hydrogen-bond donors (Lipinski definition) is 0. The predicted octanol–water partition coefficient (Wildman–Crippen LogP) is 4.04. The highest BCUT2D eigenvalue weighted by atomic mass is 19.1. The maximum Gasteiger partial charge on any atom is 0.254 e. The Morgan fingerprint density at radius 3 is 2.38 bits per heavy atom. The third-order valence-corrected chi connectivity index (χ3v) is 7.13. The van der Waals surface area contributed by atoms with E-state index in [9.17, 15) is 9.18 Å². The van der Waals surface area contributed by atoms with Crippen LogP contribution in [0.1, 0.15) is 60.6 Å². The average molecular weight is 438 g/mol. The van der Waals surface area contributed by atoms with E-state index in [0.717, 1.165) is 61.5 Å². The summed E-state index contributed by atoms with van der Waals surface area (Å²) in [6.07, 6.45) is 6.69. The van der Waals surface area contributed by atoms with Gasteiger partial charge in [-0.15, -0.1) is 0 Å². The third-order valence-electron chi connectivity index (χ3n) is 7.13. The molecule has 1 aromatic carbocycles. The van der Waals surface area contributed by atoms with Gasteiger partial charge in [-0.05, 0) is 62.3 Å². The van der Waals surface area contributed by atoms with Crippen LogP contribution in [0, 0.1) is 11.7 Å². The molecule has 3 aliphatic rings. The minimum Gasteiger partial charge on any atom is -0.356 e. The largest absolute Gasteiger partial charge is 0.356 e. The first-order valence-corrected chi connectivity index (χ1v) is 12.0. The lowest BCUT2D eigenvalue weighted by Gasteiger charge is -2.36. The fourth-order valence-corrected chi connectivity index (χ4v) is 5.05. The first-order valence-electron chi connectivity index (χ1n) is 12.0. The summed E-state index contributed by atoms with van der Waals surface area (Å²) < 4.78 is 13.3. The van der Waals surface area contributed by atoms with E-state index in [1.54, 1.807) is 12.1 Å². The molecule has 32 heavy (non-hydrogen) atoms. The van der Waals surface area contributed by atoms with Gasteiger partial charge >= 0.3 is 0 Å². The smallest absolute Gasteiger partial charge is 0.254 e. The summed E-state index contributed by atoms with van der Waals surface area (Å²) in [6, 6.07) is 5.82. The van der Waals surface area contributed by atoms with E-state index in [1.807, 2.05) is 4.90 Å². The van der Waals surface area contributed by atoms with E-state index >= 15 is 0 Å². The molecule has 170 valence electrons. The van der Waals surface area contributed by atoms with E-state index < -0.39 is 0 Å². The van der Waals surface area contributed by atoms with Crippen molar-refractivity contribution in [2.75, 3.05) is 42.5 Å². The minimum atomic E-state index is -0.328. The van der Waals surface area contributed by atoms with E-state index in [-0.39, 0.29) is 11.7 Å². The second kappa shape index (κ2) is 9.04. The highest BCUT2D eigenvalue weighted by molar-refractivity contribution is 5.94. The lowest BCUT2D eigenvalue weighted by Crippen LogP contribution is -2.40. The number of halogens is 1. The fraction of sp³-hybridized carbons (Fsp3) is 0.560. The van der Waals surface area contributed by atoms with Crippen molar-refractivity contribution in [2.24, 2.45) is 5.92 Å². The molecular weight excluding hydrogens is 405 g/mol. The minimum absolute atomic E-state index is 0.0608. The number of aromatic nitrogens is 2. The van der Waals surface area contributed by atoms with Gasteiger partial charge in [-0.3, -0.25) is 4.79 Å². The summed E-state index contributed by atoms with van der Waals surface area (Å²) >= 11 is 0. The maximum atomic E-state index is 13.3. The van der Waals surface area contributed by atoms with Crippen LogP contribution in [0.2, 0.25) is 0 Å². The zero-order valence-electron chi connectivity index (χ0n) is 18.9. The molecule has 2 aromatic rings. The van der Waals surface area contributed by atoms with E-state index in [2.05, 4.69) is 16.7 Å². The molecule has 0 unspecified atom stereocenters. The van der Waals surface area contributed by atoms with Gasteiger partial charge in [0.2, 0.25) is 5.95 Å². The summed E-state index contributed by atoms with van der Waals surface area (Å²) in [5, 5.41) is 0. The molecule has 1 amide bonds. The quantitative estimate of drug-likeness (QED) is 0.725. The van der Waals surface area contributed by atoms with Crippen molar-refractivity contribution in [1.29, 1.82) is 0 Å². The Balaban J connectivity index is 1.45. The number of carbonyl (C=O) groups excluding carboxylic acids is 1. The van der Waals surface area contributed by atoms with Gasteiger partial charge < -0.3 is 14.7 Å². The van der Waals surface area contributed by atoms with Gasteiger partial charge in [0.25, 0.3) is 5.91 Å². The van der Waals surface area contributed by atoms with Crippen LogP contribution in [0.4, 0.5) is 16.2 Å². The summed E-state index contributed by atoms with van der Waals surface area (Å²) in [5.74, 6) is 2.24. The highest BCUT2D eigenvalue weighted by Crippen LogP contribution is 2.32. The van der Waals surface area contributed by atoms with Crippen molar-refractivity contribution in [2.45, 2.75) is 52.0 Å². The van der Waals surface area contributed by atoms with Crippen molar-refractivity contribution >= 4 is 17.7 Å². The van der Waals surface area contributed by atoms with Crippen molar-refractivity contribution in [3.63, 3.8) is 0 Å². The topological polar surface area (TPSA) is 52.6 Å². The SMILES string of the molecule is CC1CCN(c2nc3c(c(N4CCCCC4)n2)CN(C(=O)c2ccc(F)cc2)CC3)CC1. The second-order valence-corrected chi connectivity index (χ2v) is 9.47. The van der Waals surface area contributed by atoms with Crippen LogP contribution in [-0.2, 0) is 13.0 Å². The first-order chi connectivity index (χ1) is 15.6. The molecule has 0 saturated carbocycles. The van der Waals surface area contributed by atoms with Crippen LogP contribution >= 0.6 is 0 Å². The molecule has 0 radical (unpaired) electrons. The van der Waals surface area contributed by atoms with Crippen molar-refractivity contribution in [1.82, 2.24) is 14.9 Å². The Bertz CT molecular complexity index is 965. The third kappa shape index (κ3) is 4.30. The molecule has 7 heteroatoms. The van der Waals surface area contributed by atoms with Gasteiger partial charge in [0.1, 0.15) is 11.6 Å². The fourth-order valence-electron chi connectivity index (χ4n) is 5.05. The maximum absolute atomic E-state index is 13.3. The summed E-state index contributed by atoms with van der Waals surface area (Å²) in [6.45, 7) is 7.47. The second-order valence-electron chi connectivity index (χ2n) is 9.47. The molecular formula is C25H32FN5O. The molecule has 0 aliphatic carbocycles. The highest BCUT2D eigenvalue weighted by Gasteiger charge is 2.30. The van der Waals surface area contributed by atoms with Gasteiger partial charge in [0.15, 0.2) is 0 Å². The zero-order chi connectivity index (χ0) is 22.1. The van der Waals surface area contributed by atoms with Crippen LogP contribution in [0.25, 0.3) is 0 Å². The van der Waals surface area contributed by atoms with Crippen molar-refractivity contribution < 1.29 is 9.18 Å². The van der Waals surface area contributed by atoms with Crippen LogP contribution in [0.3, 0.4) is 0 Å². The molecule has 3 aliphatic heterocycles. The average Bonchev–Trinajstić information content (AvgIpc) is 2.84. The van der Waals surface area contributed by atoms with Crippen LogP contribution in [0.5, 0.6) is 0 Å². The molecule has 1 aromatic heterocycles. The number of fused-ring (bicyclic) bond motifs is 1. The standard InChI is InChI=1S/C25H32FN5O/c1-18-9-14-30(15-10-18)25-27-22-11-16-31(24(32)19-5-7-20(26)8-6-19)17-21(22)23(28-25)29-12-3-2-4-13-29/h5-8,18H,2-4,9-17H2,1H3. The molecule has 0 bridgehead atoms. The molecule has 5 rings (SSSR count). The van der Waals surface area contributed by atoms with Gasteiger partial charge in [-0.25, -0.2) is 9.37 Å². The number of hydrogen-bond acceptors (Lipinski definition) is 5. The number of nitrogens with zero attached hydrogens (tertiary/aromatic N) is 5. The number of piperidine rings is 2. The number of benzene rings is 1. The molecule has 4 heterocycles. The normalized spacial score (nSPS) is 19.8. The Hall–Kier alpha value is -2.70. The number of carbonyl (C=O) groups is 1. The van der Waals surface area contributed by atoms with Crippen molar-refractivity contribution in [3.8, 4) is 0 Å². The molecule has 2 fully saturated rings. The van der Waals surface area contributed by atoms with Crippen molar-refractivity contribution in [3.05, 3.63) is 46.9 Å². The predicted molar refractivity (Wildman–Crippen MR) is 124 cm³/mol. The first kappa shape index (κ1) is 21.2. The Labute approximate surface area is 189 Å². The number of rotatable bonds is 3. The number of anilines is 2. The Morgan fingerprint density at radius 1 is 0.938 bits per heavy atom. The lowest BCUT2D eigenvalue weighted by molar-refractivity contribution is 0.0733. The van der Waals surface area contributed by atoms with E-state index in [1.165, 1.54) is 44.2 Å². The van der Waals surface area contributed by atoms with Gasteiger partial charge in [-0.1, -0.05) is 6.92 Å². The molecule has 2 saturated heterocycles. The summed E-state index contributed by atoms with van der Waals surface area (Å²) in [4.78, 5) is 29.8. The summed E-state index contributed by atoms with van der Waals surface area (Å²) in [7, 11) is 0. The van der Waals surface area contributed by atoms with Crippen LogP contribution < -0.4 is 9.80 Å². The molecule has 0 N–H and O–H groups in total. The molecule has 6 nitrogen and oxygen atoms in total. The molecule has 0 spiro atoms. The Morgan fingerprint density at radius 2 is 1.66 bits per heavy atom. The zero-order valence-corrected chi connectivity index (χ0v) is 18.9. The molecule has 0 atom stereocenters.